The van der Waals surface area contributed by atoms with E-state index in [-0.39, 0.29) is 5.82 Å². The van der Waals surface area contributed by atoms with Crippen molar-refractivity contribution in [3.8, 4) is 5.75 Å². The average Bonchev–Trinajstić information content (AvgIpc) is 2.45. The maximum atomic E-state index is 13.7. The average molecular weight is 285 g/mol. The standard InChI is InChI=1S/C18H20FNO/c19-18-4-2-1-3-17(18)14-11-15(12-14)20-10-9-13-5-7-16(21)8-6-13/h1-8,14-15,20-21H,9-12H2. The van der Waals surface area contributed by atoms with Crippen molar-refractivity contribution < 1.29 is 9.50 Å². The highest BCUT2D eigenvalue weighted by Gasteiger charge is 2.31. The van der Waals surface area contributed by atoms with Gasteiger partial charge in [0.1, 0.15) is 11.6 Å². The van der Waals surface area contributed by atoms with Gasteiger partial charge in [-0.3, -0.25) is 0 Å². The van der Waals surface area contributed by atoms with E-state index in [0.717, 1.165) is 31.4 Å². The van der Waals surface area contributed by atoms with Crippen LogP contribution in [0.4, 0.5) is 4.39 Å². The topological polar surface area (TPSA) is 32.3 Å². The molecule has 0 radical (unpaired) electrons. The highest BCUT2D eigenvalue weighted by atomic mass is 19.1. The summed E-state index contributed by atoms with van der Waals surface area (Å²) in [4.78, 5) is 0. The third kappa shape index (κ3) is 3.42. The van der Waals surface area contributed by atoms with Gasteiger partial charge in [0.05, 0.1) is 0 Å². The molecule has 1 aliphatic rings. The van der Waals surface area contributed by atoms with Gasteiger partial charge in [0.25, 0.3) is 0 Å². The number of nitrogens with one attached hydrogen (secondary N) is 1. The molecule has 2 aromatic rings. The Kier molecular flexibility index (Phi) is 4.20. The fraction of sp³-hybridized carbons (Fsp3) is 0.333. The maximum absolute atomic E-state index is 13.7. The summed E-state index contributed by atoms with van der Waals surface area (Å²) in [5, 5.41) is 12.7. The fourth-order valence-electron chi connectivity index (χ4n) is 2.93. The largest absolute Gasteiger partial charge is 0.508 e. The molecule has 0 aromatic heterocycles. The molecule has 0 unspecified atom stereocenters. The third-order valence-electron chi connectivity index (χ3n) is 4.27. The molecule has 1 aliphatic carbocycles. The maximum Gasteiger partial charge on any atom is 0.126 e. The summed E-state index contributed by atoms with van der Waals surface area (Å²) in [6, 6.07) is 14.9. The molecule has 1 fully saturated rings. The monoisotopic (exact) mass is 285 g/mol. The van der Waals surface area contributed by atoms with Crippen LogP contribution in [0.1, 0.15) is 29.9 Å². The molecule has 1 saturated carbocycles. The molecule has 21 heavy (non-hydrogen) atoms. The second-order valence-corrected chi connectivity index (χ2v) is 5.76. The van der Waals surface area contributed by atoms with E-state index in [1.807, 2.05) is 24.3 Å². The smallest absolute Gasteiger partial charge is 0.126 e. The summed E-state index contributed by atoms with van der Waals surface area (Å²) in [6.45, 7) is 0.916. The first-order chi connectivity index (χ1) is 10.2. The zero-order chi connectivity index (χ0) is 14.7. The van der Waals surface area contributed by atoms with Crippen molar-refractivity contribution in [2.45, 2.75) is 31.2 Å². The summed E-state index contributed by atoms with van der Waals surface area (Å²) in [5.41, 5.74) is 2.07. The Morgan fingerprint density at radius 1 is 1.05 bits per heavy atom. The number of phenolic OH excluding ortho intramolecular Hbond substituents is 1. The van der Waals surface area contributed by atoms with Crippen LogP contribution >= 0.6 is 0 Å². The molecule has 3 rings (SSSR count). The van der Waals surface area contributed by atoms with Crippen molar-refractivity contribution in [2.24, 2.45) is 0 Å². The number of phenols is 1. The molecule has 0 amide bonds. The van der Waals surface area contributed by atoms with E-state index in [0.29, 0.717) is 17.7 Å². The zero-order valence-corrected chi connectivity index (χ0v) is 11.9. The Balaban J connectivity index is 1.41. The van der Waals surface area contributed by atoms with Crippen LogP contribution in [-0.4, -0.2) is 17.7 Å². The molecule has 0 spiro atoms. The Hall–Kier alpha value is -1.87. The molecule has 0 atom stereocenters. The van der Waals surface area contributed by atoms with Crippen LogP contribution in [0.3, 0.4) is 0 Å². The van der Waals surface area contributed by atoms with Gasteiger partial charge in [-0.2, -0.15) is 0 Å². The number of hydrogen-bond acceptors (Lipinski definition) is 2. The molecule has 0 saturated heterocycles. The summed E-state index contributed by atoms with van der Waals surface area (Å²) in [7, 11) is 0. The molecule has 3 heteroatoms. The van der Waals surface area contributed by atoms with Crippen LogP contribution in [0, 0.1) is 5.82 Å². The van der Waals surface area contributed by atoms with Gasteiger partial charge in [0.15, 0.2) is 0 Å². The van der Waals surface area contributed by atoms with Gasteiger partial charge < -0.3 is 10.4 Å². The van der Waals surface area contributed by atoms with Gasteiger partial charge in [-0.05, 0) is 61.1 Å². The van der Waals surface area contributed by atoms with Crippen molar-refractivity contribution in [1.82, 2.24) is 5.32 Å². The van der Waals surface area contributed by atoms with Crippen molar-refractivity contribution in [1.29, 1.82) is 0 Å². The Labute approximate surface area is 124 Å². The SMILES string of the molecule is Oc1ccc(CCNC2CC(c3ccccc3F)C2)cc1. The predicted octanol–water partition coefficient (Wildman–Crippen LogP) is 3.61. The van der Waals surface area contributed by atoms with Crippen molar-refractivity contribution >= 4 is 0 Å². The predicted molar refractivity (Wildman–Crippen MR) is 82.0 cm³/mol. The molecular formula is C18H20FNO. The minimum Gasteiger partial charge on any atom is -0.508 e. The van der Waals surface area contributed by atoms with Crippen LogP contribution in [0.15, 0.2) is 48.5 Å². The summed E-state index contributed by atoms with van der Waals surface area (Å²) in [5.74, 6) is 0.584. The molecule has 0 bridgehead atoms. The molecule has 2 aromatic carbocycles. The lowest BCUT2D eigenvalue weighted by Crippen LogP contribution is -2.41. The molecule has 2 N–H and O–H groups in total. The van der Waals surface area contributed by atoms with E-state index in [9.17, 15) is 9.50 Å². The first-order valence-corrected chi connectivity index (χ1v) is 7.48. The fourth-order valence-corrected chi connectivity index (χ4v) is 2.93. The van der Waals surface area contributed by atoms with E-state index < -0.39 is 0 Å². The number of hydrogen-bond donors (Lipinski definition) is 2. The molecule has 0 heterocycles. The Bertz CT molecular complexity index is 590. The van der Waals surface area contributed by atoms with Gasteiger partial charge in [-0.25, -0.2) is 4.39 Å². The van der Waals surface area contributed by atoms with Gasteiger partial charge in [-0.1, -0.05) is 30.3 Å². The van der Waals surface area contributed by atoms with Crippen LogP contribution in [-0.2, 0) is 6.42 Å². The highest BCUT2D eigenvalue weighted by Crippen LogP contribution is 2.37. The number of aromatic hydroxyl groups is 1. The van der Waals surface area contributed by atoms with Crippen molar-refractivity contribution in [3.63, 3.8) is 0 Å². The lowest BCUT2D eigenvalue weighted by Gasteiger charge is -2.36. The zero-order valence-electron chi connectivity index (χ0n) is 11.9. The van der Waals surface area contributed by atoms with E-state index in [4.69, 9.17) is 0 Å². The molecule has 0 aliphatic heterocycles. The van der Waals surface area contributed by atoms with E-state index >= 15 is 0 Å². The molecular weight excluding hydrogens is 265 g/mol. The van der Waals surface area contributed by atoms with E-state index in [2.05, 4.69) is 5.32 Å². The third-order valence-corrected chi connectivity index (χ3v) is 4.27. The lowest BCUT2D eigenvalue weighted by molar-refractivity contribution is 0.287. The van der Waals surface area contributed by atoms with Gasteiger partial charge in [-0.15, -0.1) is 0 Å². The number of halogens is 1. The summed E-state index contributed by atoms with van der Waals surface area (Å²) in [6.07, 6.45) is 2.97. The van der Waals surface area contributed by atoms with E-state index in [1.165, 1.54) is 5.56 Å². The summed E-state index contributed by atoms with van der Waals surface area (Å²) >= 11 is 0. The van der Waals surface area contributed by atoms with E-state index in [1.54, 1.807) is 24.3 Å². The minimum absolute atomic E-state index is 0.0787. The van der Waals surface area contributed by atoms with Gasteiger partial charge in [0.2, 0.25) is 0 Å². The number of rotatable bonds is 5. The minimum atomic E-state index is -0.0787. The second kappa shape index (κ2) is 6.27. The van der Waals surface area contributed by atoms with Crippen LogP contribution in [0.2, 0.25) is 0 Å². The van der Waals surface area contributed by atoms with Gasteiger partial charge in [0, 0.05) is 6.04 Å². The van der Waals surface area contributed by atoms with Gasteiger partial charge >= 0.3 is 0 Å². The lowest BCUT2D eigenvalue weighted by atomic mass is 9.75. The normalized spacial score (nSPS) is 21.0. The Morgan fingerprint density at radius 3 is 2.48 bits per heavy atom. The van der Waals surface area contributed by atoms with Crippen LogP contribution in [0.25, 0.3) is 0 Å². The summed E-state index contributed by atoms with van der Waals surface area (Å²) < 4.78 is 13.7. The number of benzene rings is 2. The van der Waals surface area contributed by atoms with Crippen molar-refractivity contribution in [2.75, 3.05) is 6.54 Å². The molecule has 2 nitrogen and oxygen atoms in total. The molecule has 110 valence electrons. The highest BCUT2D eigenvalue weighted by molar-refractivity contribution is 5.26. The van der Waals surface area contributed by atoms with Crippen LogP contribution < -0.4 is 5.32 Å². The van der Waals surface area contributed by atoms with Crippen molar-refractivity contribution in [3.05, 3.63) is 65.5 Å². The second-order valence-electron chi connectivity index (χ2n) is 5.76. The first-order valence-electron chi connectivity index (χ1n) is 7.48. The first kappa shape index (κ1) is 14.1. The Morgan fingerprint density at radius 2 is 1.76 bits per heavy atom. The van der Waals surface area contributed by atoms with Crippen LogP contribution in [0.5, 0.6) is 5.75 Å². The quantitative estimate of drug-likeness (QED) is 0.879.